The lowest BCUT2D eigenvalue weighted by atomic mass is 10.4. The van der Waals surface area contributed by atoms with E-state index in [-0.39, 0.29) is 0 Å². The molecular formula is C9H7IS3. The van der Waals surface area contributed by atoms with Gasteiger partial charge in [-0.15, -0.1) is 34.4 Å². The summed E-state index contributed by atoms with van der Waals surface area (Å²) in [7, 11) is 0. The average Bonchev–Trinajstić information content (AvgIpc) is 2.71. The second-order valence-electron chi connectivity index (χ2n) is 2.43. The minimum absolute atomic E-state index is 1.35. The predicted octanol–water partition coefficient (Wildman–Crippen LogP) is 4.80. The first kappa shape index (κ1) is 10.0. The number of thioether (sulfide) groups is 1. The Balaban J connectivity index is 2.35. The first-order valence-corrected chi connectivity index (χ1v) is 7.63. The maximum atomic E-state index is 2.36. The number of rotatable bonds is 2. The van der Waals surface area contributed by atoms with Crippen LogP contribution < -0.4 is 0 Å². The van der Waals surface area contributed by atoms with Crippen LogP contribution in [0.5, 0.6) is 0 Å². The number of hydrogen-bond acceptors (Lipinski definition) is 3. The summed E-state index contributed by atoms with van der Waals surface area (Å²) in [5.41, 5.74) is 0. The molecule has 0 aliphatic heterocycles. The van der Waals surface area contributed by atoms with E-state index >= 15 is 0 Å². The van der Waals surface area contributed by atoms with Crippen molar-refractivity contribution in [3.63, 3.8) is 0 Å². The third kappa shape index (κ3) is 2.29. The van der Waals surface area contributed by atoms with Gasteiger partial charge < -0.3 is 0 Å². The Bertz CT molecular complexity index is 402. The summed E-state index contributed by atoms with van der Waals surface area (Å²) < 4.78 is 2.74. The van der Waals surface area contributed by atoms with Crippen molar-refractivity contribution in [2.75, 3.05) is 6.26 Å². The van der Waals surface area contributed by atoms with E-state index in [9.17, 15) is 0 Å². The zero-order chi connectivity index (χ0) is 9.26. The maximum Gasteiger partial charge on any atom is 0.0660 e. The largest absolute Gasteiger partial charge is 0.128 e. The molecule has 0 spiro atoms. The maximum absolute atomic E-state index is 2.36. The Morgan fingerprint density at radius 1 is 1.08 bits per heavy atom. The molecule has 0 fully saturated rings. The normalized spacial score (nSPS) is 10.6. The Labute approximate surface area is 104 Å². The molecule has 2 aromatic rings. The molecule has 4 heteroatoms. The van der Waals surface area contributed by atoms with Gasteiger partial charge in [0.2, 0.25) is 0 Å². The average molecular weight is 338 g/mol. The third-order valence-electron chi connectivity index (χ3n) is 1.60. The monoisotopic (exact) mass is 338 g/mol. The van der Waals surface area contributed by atoms with Gasteiger partial charge in [0.25, 0.3) is 0 Å². The van der Waals surface area contributed by atoms with Crippen LogP contribution in [0.25, 0.3) is 9.75 Å². The molecular weight excluding hydrogens is 331 g/mol. The van der Waals surface area contributed by atoms with Gasteiger partial charge in [0.15, 0.2) is 0 Å². The summed E-state index contributed by atoms with van der Waals surface area (Å²) in [5, 5.41) is 0. The summed E-state index contributed by atoms with van der Waals surface area (Å²) >= 11 is 7.90. The van der Waals surface area contributed by atoms with Crippen molar-refractivity contribution in [1.29, 1.82) is 0 Å². The molecule has 0 radical (unpaired) electrons. The molecule has 13 heavy (non-hydrogen) atoms. The van der Waals surface area contributed by atoms with Crippen molar-refractivity contribution in [2.45, 2.75) is 4.21 Å². The topological polar surface area (TPSA) is 0 Å². The molecule has 0 saturated heterocycles. The Morgan fingerprint density at radius 3 is 2.31 bits per heavy atom. The van der Waals surface area contributed by atoms with Crippen molar-refractivity contribution in [1.82, 2.24) is 0 Å². The highest BCUT2D eigenvalue weighted by atomic mass is 127. The van der Waals surface area contributed by atoms with Gasteiger partial charge in [-0.25, -0.2) is 0 Å². The van der Waals surface area contributed by atoms with E-state index in [0.717, 1.165) is 0 Å². The smallest absolute Gasteiger partial charge is 0.0660 e. The molecule has 0 bridgehead atoms. The highest BCUT2D eigenvalue weighted by molar-refractivity contribution is 14.1. The fourth-order valence-corrected chi connectivity index (χ4v) is 4.27. The Hall–Kier alpha value is 0.480. The summed E-state index contributed by atoms with van der Waals surface area (Å²) in [5.74, 6) is 0. The van der Waals surface area contributed by atoms with Crippen LogP contribution in [-0.4, -0.2) is 6.26 Å². The van der Waals surface area contributed by atoms with Crippen LogP contribution in [0.2, 0.25) is 0 Å². The molecule has 0 unspecified atom stereocenters. The molecule has 0 saturated carbocycles. The highest BCUT2D eigenvalue weighted by Crippen LogP contribution is 2.36. The molecule has 0 nitrogen and oxygen atoms in total. The highest BCUT2D eigenvalue weighted by Gasteiger charge is 2.04. The number of halogens is 1. The van der Waals surface area contributed by atoms with E-state index in [4.69, 9.17) is 0 Å². The van der Waals surface area contributed by atoms with Gasteiger partial charge in [0, 0.05) is 9.75 Å². The zero-order valence-electron chi connectivity index (χ0n) is 6.91. The van der Waals surface area contributed by atoms with Crippen LogP contribution in [-0.2, 0) is 0 Å². The standard InChI is InChI=1S/C9H7IS3/c1-11-9-5-3-7(13-9)6-2-4-8(10)12-6/h2-5H,1H3. The van der Waals surface area contributed by atoms with Crippen molar-refractivity contribution >= 4 is 57.0 Å². The number of thiophene rings is 2. The lowest BCUT2D eigenvalue weighted by molar-refractivity contribution is 1.74. The molecule has 0 aromatic carbocycles. The predicted molar refractivity (Wildman–Crippen MR) is 72.1 cm³/mol. The molecule has 0 N–H and O–H groups in total. The van der Waals surface area contributed by atoms with Crippen LogP contribution in [0.1, 0.15) is 0 Å². The quantitative estimate of drug-likeness (QED) is 0.560. The van der Waals surface area contributed by atoms with Crippen LogP contribution in [0, 0.1) is 2.88 Å². The van der Waals surface area contributed by atoms with Crippen molar-refractivity contribution in [2.24, 2.45) is 0 Å². The van der Waals surface area contributed by atoms with E-state index in [1.165, 1.54) is 16.8 Å². The van der Waals surface area contributed by atoms with Gasteiger partial charge in [-0.05, 0) is 53.1 Å². The van der Waals surface area contributed by atoms with Crippen molar-refractivity contribution < 1.29 is 0 Å². The summed E-state index contributed by atoms with van der Waals surface area (Å²) in [6.07, 6.45) is 2.12. The minimum atomic E-state index is 1.35. The SMILES string of the molecule is CSc1ccc(-c2ccc(I)s2)s1. The second kappa shape index (κ2) is 4.33. The summed E-state index contributed by atoms with van der Waals surface area (Å²) in [6, 6.07) is 8.76. The Kier molecular flexibility index (Phi) is 3.34. The van der Waals surface area contributed by atoms with Gasteiger partial charge in [0.1, 0.15) is 0 Å². The first-order chi connectivity index (χ1) is 6.29. The molecule has 0 amide bonds. The third-order valence-corrected chi connectivity index (χ3v) is 5.86. The van der Waals surface area contributed by atoms with E-state index in [2.05, 4.69) is 53.1 Å². The first-order valence-electron chi connectivity index (χ1n) is 3.69. The van der Waals surface area contributed by atoms with Crippen LogP contribution in [0.15, 0.2) is 28.5 Å². The molecule has 68 valence electrons. The molecule has 0 aliphatic carbocycles. The van der Waals surface area contributed by atoms with Gasteiger partial charge >= 0.3 is 0 Å². The van der Waals surface area contributed by atoms with Gasteiger partial charge in [0.05, 0.1) is 7.09 Å². The van der Waals surface area contributed by atoms with E-state index in [0.29, 0.717) is 0 Å². The summed E-state index contributed by atoms with van der Waals surface area (Å²) in [4.78, 5) is 2.77. The van der Waals surface area contributed by atoms with Gasteiger partial charge in [-0.2, -0.15) is 0 Å². The lowest BCUT2D eigenvalue weighted by Crippen LogP contribution is -1.55. The van der Waals surface area contributed by atoms with Crippen LogP contribution in [0.4, 0.5) is 0 Å². The van der Waals surface area contributed by atoms with Crippen LogP contribution in [0.3, 0.4) is 0 Å². The Morgan fingerprint density at radius 2 is 1.77 bits per heavy atom. The molecule has 2 aromatic heterocycles. The van der Waals surface area contributed by atoms with E-state index in [1.807, 2.05) is 34.4 Å². The fourth-order valence-electron chi connectivity index (χ4n) is 1.01. The van der Waals surface area contributed by atoms with Gasteiger partial charge in [-0.1, -0.05) is 0 Å². The minimum Gasteiger partial charge on any atom is -0.128 e. The molecule has 2 rings (SSSR count). The van der Waals surface area contributed by atoms with E-state index < -0.39 is 0 Å². The van der Waals surface area contributed by atoms with Crippen molar-refractivity contribution in [3.8, 4) is 9.75 Å². The lowest BCUT2D eigenvalue weighted by Gasteiger charge is -1.87. The molecule has 2 heterocycles. The van der Waals surface area contributed by atoms with Crippen molar-refractivity contribution in [3.05, 3.63) is 27.1 Å². The fraction of sp³-hybridized carbons (Fsp3) is 0.111. The second-order valence-corrected chi connectivity index (χ2v) is 7.59. The number of hydrogen-bond donors (Lipinski definition) is 0. The summed E-state index contributed by atoms with van der Waals surface area (Å²) in [6.45, 7) is 0. The molecule has 0 aliphatic rings. The van der Waals surface area contributed by atoms with E-state index in [1.54, 1.807) is 0 Å². The zero-order valence-corrected chi connectivity index (χ0v) is 11.5. The molecule has 0 atom stereocenters. The van der Waals surface area contributed by atoms with Gasteiger partial charge in [-0.3, -0.25) is 0 Å². The van der Waals surface area contributed by atoms with Crippen LogP contribution >= 0.6 is 57.0 Å².